The van der Waals surface area contributed by atoms with Crippen molar-refractivity contribution in [1.29, 1.82) is 0 Å². The van der Waals surface area contributed by atoms with Crippen molar-refractivity contribution in [1.82, 2.24) is 0 Å². The van der Waals surface area contributed by atoms with Gasteiger partial charge in [-0.05, 0) is 32.0 Å². The summed E-state index contributed by atoms with van der Waals surface area (Å²) in [5.74, 6) is -1.41. The molecule has 0 heterocycles. The zero-order chi connectivity index (χ0) is 13.7. The third kappa shape index (κ3) is 4.35. The number of rotatable bonds is 5. The fraction of sp³-hybridized carbons (Fsp3) is 0.333. The zero-order valence-electron chi connectivity index (χ0n) is 10.1. The van der Waals surface area contributed by atoms with Gasteiger partial charge in [0.2, 0.25) is 5.91 Å². The van der Waals surface area contributed by atoms with Crippen molar-refractivity contribution < 1.29 is 19.4 Å². The first kappa shape index (κ1) is 14.5. The molecule has 0 aromatic heterocycles. The Balaban J connectivity index is 2.68. The van der Waals surface area contributed by atoms with Gasteiger partial charge in [0, 0.05) is 0 Å². The molecule has 1 aromatic carbocycles. The topological polar surface area (TPSA) is 75.6 Å². The minimum Gasteiger partial charge on any atom is -0.478 e. The highest BCUT2D eigenvalue weighted by atomic mass is 35.5. The molecule has 6 heteroatoms. The third-order valence-electron chi connectivity index (χ3n) is 2.04. The van der Waals surface area contributed by atoms with Gasteiger partial charge in [0.05, 0.1) is 22.4 Å². The molecule has 0 fully saturated rings. The first-order valence-corrected chi connectivity index (χ1v) is 5.72. The second-order valence-electron chi connectivity index (χ2n) is 3.91. The predicted octanol–water partition coefficient (Wildman–Crippen LogP) is 2.40. The first-order chi connectivity index (χ1) is 8.40. The van der Waals surface area contributed by atoms with Crippen molar-refractivity contribution in [3.63, 3.8) is 0 Å². The minimum atomic E-state index is -1.07. The van der Waals surface area contributed by atoms with Gasteiger partial charge in [-0.15, -0.1) is 0 Å². The van der Waals surface area contributed by atoms with Crippen molar-refractivity contribution >= 4 is 29.2 Å². The van der Waals surface area contributed by atoms with E-state index >= 15 is 0 Å². The van der Waals surface area contributed by atoms with Crippen molar-refractivity contribution in [3.8, 4) is 0 Å². The van der Waals surface area contributed by atoms with Crippen molar-refractivity contribution in [2.45, 2.75) is 20.0 Å². The molecule has 1 rings (SSSR count). The molecule has 1 aromatic rings. The SMILES string of the molecule is CC(C)OCC(=O)Nc1ccc(C(=O)O)cc1Cl. The van der Waals surface area contributed by atoms with E-state index < -0.39 is 5.97 Å². The van der Waals surface area contributed by atoms with Crippen LogP contribution in [-0.2, 0) is 9.53 Å². The highest BCUT2D eigenvalue weighted by Crippen LogP contribution is 2.23. The predicted molar refractivity (Wildman–Crippen MR) is 68.1 cm³/mol. The normalized spacial score (nSPS) is 10.4. The van der Waals surface area contributed by atoms with Crippen LogP contribution in [0.4, 0.5) is 5.69 Å². The Hall–Kier alpha value is -1.59. The molecule has 0 radical (unpaired) electrons. The van der Waals surface area contributed by atoms with E-state index in [1.165, 1.54) is 18.2 Å². The molecular formula is C12H14ClNO4. The number of nitrogens with one attached hydrogen (secondary N) is 1. The molecule has 0 aliphatic carbocycles. The van der Waals surface area contributed by atoms with E-state index in [0.29, 0.717) is 5.69 Å². The summed E-state index contributed by atoms with van der Waals surface area (Å²) in [6.45, 7) is 3.57. The number of carbonyl (C=O) groups is 2. The standard InChI is InChI=1S/C12H14ClNO4/c1-7(2)18-6-11(15)14-10-4-3-8(12(16)17)5-9(10)13/h3-5,7H,6H2,1-2H3,(H,14,15)(H,16,17). The number of hydrogen-bond acceptors (Lipinski definition) is 3. The molecule has 18 heavy (non-hydrogen) atoms. The van der Waals surface area contributed by atoms with E-state index in [-0.39, 0.29) is 29.2 Å². The Labute approximate surface area is 110 Å². The lowest BCUT2D eigenvalue weighted by Crippen LogP contribution is -2.20. The summed E-state index contributed by atoms with van der Waals surface area (Å²) in [6, 6.07) is 4.09. The molecule has 0 saturated carbocycles. The number of carbonyl (C=O) groups excluding carboxylic acids is 1. The van der Waals surface area contributed by atoms with Crippen molar-refractivity contribution in [2.75, 3.05) is 11.9 Å². The summed E-state index contributed by atoms with van der Waals surface area (Å²) in [7, 11) is 0. The Morgan fingerprint density at radius 3 is 2.61 bits per heavy atom. The molecule has 98 valence electrons. The largest absolute Gasteiger partial charge is 0.478 e. The van der Waals surface area contributed by atoms with Crippen molar-refractivity contribution in [2.24, 2.45) is 0 Å². The van der Waals surface area contributed by atoms with E-state index in [4.69, 9.17) is 21.4 Å². The summed E-state index contributed by atoms with van der Waals surface area (Å²) in [5.41, 5.74) is 0.426. The number of anilines is 1. The highest BCUT2D eigenvalue weighted by Gasteiger charge is 2.10. The fourth-order valence-corrected chi connectivity index (χ4v) is 1.41. The van der Waals surface area contributed by atoms with Gasteiger partial charge in [0.1, 0.15) is 6.61 Å². The first-order valence-electron chi connectivity index (χ1n) is 5.34. The second kappa shape index (κ2) is 6.37. The summed E-state index contributed by atoms with van der Waals surface area (Å²) >= 11 is 5.86. The van der Waals surface area contributed by atoms with Crippen LogP contribution in [0.25, 0.3) is 0 Å². The molecule has 0 saturated heterocycles. The van der Waals surface area contributed by atoms with Gasteiger partial charge >= 0.3 is 5.97 Å². The number of ether oxygens (including phenoxy) is 1. The van der Waals surface area contributed by atoms with Crippen LogP contribution < -0.4 is 5.32 Å². The number of amides is 1. The van der Waals surface area contributed by atoms with E-state index in [2.05, 4.69) is 5.32 Å². The van der Waals surface area contributed by atoms with Crippen LogP contribution in [0.3, 0.4) is 0 Å². The molecular weight excluding hydrogens is 258 g/mol. The quantitative estimate of drug-likeness (QED) is 0.862. The lowest BCUT2D eigenvalue weighted by atomic mass is 10.2. The van der Waals surface area contributed by atoms with Crippen LogP contribution in [0, 0.1) is 0 Å². The Bertz CT molecular complexity index is 459. The smallest absolute Gasteiger partial charge is 0.335 e. The lowest BCUT2D eigenvalue weighted by molar-refractivity contribution is -0.121. The minimum absolute atomic E-state index is 0.0411. The number of carboxylic acid groups (broad SMARTS) is 1. The molecule has 2 N–H and O–H groups in total. The van der Waals surface area contributed by atoms with Crippen molar-refractivity contribution in [3.05, 3.63) is 28.8 Å². The monoisotopic (exact) mass is 271 g/mol. The van der Waals surface area contributed by atoms with Crippen LogP contribution in [0.1, 0.15) is 24.2 Å². The summed E-state index contributed by atoms with van der Waals surface area (Å²) < 4.78 is 5.13. The number of benzene rings is 1. The summed E-state index contributed by atoms with van der Waals surface area (Å²) in [6.07, 6.45) is -0.0411. The fourth-order valence-electron chi connectivity index (χ4n) is 1.18. The maximum Gasteiger partial charge on any atom is 0.335 e. The van der Waals surface area contributed by atoms with Crippen LogP contribution in [-0.4, -0.2) is 29.7 Å². The van der Waals surface area contributed by atoms with Crippen LogP contribution in [0.2, 0.25) is 5.02 Å². The molecule has 0 unspecified atom stereocenters. The lowest BCUT2D eigenvalue weighted by Gasteiger charge is -2.10. The number of hydrogen-bond donors (Lipinski definition) is 2. The van der Waals surface area contributed by atoms with Gasteiger partial charge in [-0.1, -0.05) is 11.6 Å². The summed E-state index contributed by atoms with van der Waals surface area (Å²) in [5, 5.41) is 11.5. The molecule has 5 nitrogen and oxygen atoms in total. The Morgan fingerprint density at radius 1 is 1.44 bits per heavy atom. The number of halogens is 1. The maximum absolute atomic E-state index is 11.5. The molecule has 0 aliphatic rings. The maximum atomic E-state index is 11.5. The van der Waals surface area contributed by atoms with E-state index in [1.54, 1.807) is 0 Å². The van der Waals surface area contributed by atoms with Crippen LogP contribution >= 0.6 is 11.6 Å². The molecule has 1 amide bonds. The highest BCUT2D eigenvalue weighted by molar-refractivity contribution is 6.34. The van der Waals surface area contributed by atoms with Crippen LogP contribution in [0.15, 0.2) is 18.2 Å². The van der Waals surface area contributed by atoms with E-state index in [9.17, 15) is 9.59 Å². The summed E-state index contributed by atoms with van der Waals surface area (Å²) in [4.78, 5) is 22.2. The molecule has 0 atom stereocenters. The van der Waals surface area contributed by atoms with Gasteiger partial charge in [0.25, 0.3) is 0 Å². The second-order valence-corrected chi connectivity index (χ2v) is 4.31. The average molecular weight is 272 g/mol. The molecule has 0 aliphatic heterocycles. The van der Waals surface area contributed by atoms with Gasteiger partial charge in [-0.25, -0.2) is 4.79 Å². The zero-order valence-corrected chi connectivity index (χ0v) is 10.8. The Morgan fingerprint density at radius 2 is 2.11 bits per heavy atom. The number of carboxylic acids is 1. The van der Waals surface area contributed by atoms with Gasteiger partial charge in [-0.2, -0.15) is 0 Å². The molecule has 0 bridgehead atoms. The van der Waals surface area contributed by atoms with Gasteiger partial charge < -0.3 is 15.2 Å². The average Bonchev–Trinajstić information content (AvgIpc) is 2.29. The molecule has 0 spiro atoms. The van der Waals surface area contributed by atoms with E-state index in [1.807, 2.05) is 13.8 Å². The number of aromatic carboxylic acids is 1. The van der Waals surface area contributed by atoms with Gasteiger partial charge in [-0.3, -0.25) is 4.79 Å². The van der Waals surface area contributed by atoms with Crippen LogP contribution in [0.5, 0.6) is 0 Å². The third-order valence-corrected chi connectivity index (χ3v) is 2.35. The van der Waals surface area contributed by atoms with E-state index in [0.717, 1.165) is 0 Å². The van der Waals surface area contributed by atoms with Gasteiger partial charge in [0.15, 0.2) is 0 Å². The Kier molecular flexibility index (Phi) is 5.12.